The Morgan fingerprint density at radius 1 is 1.37 bits per heavy atom. The van der Waals surface area contributed by atoms with Crippen LogP contribution in [0.15, 0.2) is 42.5 Å². The molecule has 0 saturated carbocycles. The van der Waals surface area contributed by atoms with Gasteiger partial charge in [-0.25, -0.2) is 0 Å². The summed E-state index contributed by atoms with van der Waals surface area (Å²) in [6, 6.07) is 10.7. The van der Waals surface area contributed by atoms with E-state index in [1.807, 2.05) is 13.0 Å². The first-order chi connectivity index (χ1) is 13.2. The Bertz CT molecular complexity index is 674. The van der Waals surface area contributed by atoms with E-state index in [1.54, 1.807) is 0 Å². The molecule has 4 atom stereocenters. The van der Waals surface area contributed by atoms with Crippen LogP contribution < -0.4 is 5.32 Å². The molecule has 3 fully saturated rings. The van der Waals surface area contributed by atoms with Gasteiger partial charge in [-0.05, 0) is 38.2 Å². The van der Waals surface area contributed by atoms with Gasteiger partial charge in [0.15, 0.2) is 0 Å². The van der Waals surface area contributed by atoms with Crippen molar-refractivity contribution in [1.82, 2.24) is 10.2 Å². The molecule has 1 amide bonds. The number of likely N-dealkylation sites (tertiary alicyclic amines) is 1. The fourth-order valence-corrected chi connectivity index (χ4v) is 5.39. The van der Waals surface area contributed by atoms with Gasteiger partial charge < -0.3 is 10.1 Å². The van der Waals surface area contributed by atoms with Crippen LogP contribution in [0.2, 0.25) is 0 Å². The number of rotatable bonds is 8. The van der Waals surface area contributed by atoms with E-state index >= 15 is 0 Å². The second kappa shape index (κ2) is 8.15. The van der Waals surface area contributed by atoms with E-state index in [1.165, 1.54) is 12.0 Å². The van der Waals surface area contributed by atoms with E-state index in [-0.39, 0.29) is 11.5 Å². The summed E-state index contributed by atoms with van der Waals surface area (Å²) in [5, 5.41) is 3.20. The molecular weight excluding hydrogens is 336 g/mol. The Morgan fingerprint density at radius 2 is 2.22 bits per heavy atom. The summed E-state index contributed by atoms with van der Waals surface area (Å²) in [4.78, 5) is 14.7. The van der Waals surface area contributed by atoms with Crippen molar-refractivity contribution in [2.45, 2.75) is 57.3 Å². The third-order valence-electron chi connectivity index (χ3n) is 6.65. The SMILES string of the molecule is CC=CCCCC(=O)NC[C@H]1[C@H]2CN(Cc3ccccc3)C[C@]23CC[C@H]1O3. The smallest absolute Gasteiger partial charge is 0.220 e. The number of carbonyl (C=O) groups is 1. The van der Waals surface area contributed by atoms with Gasteiger partial charge >= 0.3 is 0 Å². The van der Waals surface area contributed by atoms with E-state index in [9.17, 15) is 4.79 Å². The van der Waals surface area contributed by atoms with Gasteiger partial charge in [0.1, 0.15) is 0 Å². The quantitative estimate of drug-likeness (QED) is 0.564. The summed E-state index contributed by atoms with van der Waals surface area (Å²) < 4.78 is 6.51. The molecule has 27 heavy (non-hydrogen) atoms. The van der Waals surface area contributed by atoms with Crippen molar-refractivity contribution in [3.05, 3.63) is 48.0 Å². The number of carbonyl (C=O) groups excluding carboxylic acids is 1. The number of fused-ring (bicyclic) bond motifs is 1. The fraction of sp³-hybridized carbons (Fsp3) is 0.609. The summed E-state index contributed by atoms with van der Waals surface area (Å²) in [6.45, 7) is 5.92. The molecule has 1 N–H and O–H groups in total. The van der Waals surface area contributed by atoms with Crippen LogP contribution >= 0.6 is 0 Å². The van der Waals surface area contributed by atoms with Crippen LogP contribution in [0, 0.1) is 11.8 Å². The Balaban J connectivity index is 1.31. The van der Waals surface area contributed by atoms with Crippen molar-refractivity contribution in [3.63, 3.8) is 0 Å². The topological polar surface area (TPSA) is 41.6 Å². The van der Waals surface area contributed by atoms with Gasteiger partial charge in [-0.2, -0.15) is 0 Å². The van der Waals surface area contributed by atoms with Crippen LogP contribution in [0.25, 0.3) is 0 Å². The largest absolute Gasteiger partial charge is 0.370 e. The lowest BCUT2D eigenvalue weighted by molar-refractivity contribution is -0.121. The van der Waals surface area contributed by atoms with E-state index < -0.39 is 0 Å². The summed E-state index contributed by atoms with van der Waals surface area (Å²) in [5.41, 5.74) is 1.41. The van der Waals surface area contributed by atoms with Gasteiger partial charge in [-0.15, -0.1) is 0 Å². The molecule has 0 unspecified atom stereocenters. The molecule has 0 aromatic heterocycles. The van der Waals surface area contributed by atoms with Crippen LogP contribution in [-0.4, -0.2) is 42.1 Å². The molecule has 4 rings (SSSR count). The zero-order chi connectivity index (χ0) is 18.7. The van der Waals surface area contributed by atoms with Gasteiger partial charge in [-0.1, -0.05) is 42.5 Å². The Labute approximate surface area is 163 Å². The van der Waals surface area contributed by atoms with Crippen molar-refractivity contribution >= 4 is 5.91 Å². The molecule has 3 aliphatic rings. The molecule has 3 aliphatic heterocycles. The number of unbranched alkanes of at least 4 members (excludes halogenated alkanes) is 1. The summed E-state index contributed by atoms with van der Waals surface area (Å²) in [7, 11) is 0. The van der Waals surface area contributed by atoms with Crippen LogP contribution in [0.3, 0.4) is 0 Å². The number of hydrogen-bond donors (Lipinski definition) is 1. The molecule has 4 heteroatoms. The Morgan fingerprint density at radius 3 is 3.04 bits per heavy atom. The zero-order valence-corrected chi connectivity index (χ0v) is 16.4. The van der Waals surface area contributed by atoms with Crippen LogP contribution in [0.1, 0.15) is 44.6 Å². The minimum Gasteiger partial charge on any atom is -0.370 e. The van der Waals surface area contributed by atoms with Gasteiger partial charge in [-0.3, -0.25) is 9.69 Å². The van der Waals surface area contributed by atoms with E-state index in [2.05, 4.69) is 46.6 Å². The highest BCUT2D eigenvalue weighted by Gasteiger charge is 2.62. The maximum Gasteiger partial charge on any atom is 0.220 e. The summed E-state index contributed by atoms with van der Waals surface area (Å²) in [5.74, 6) is 1.22. The lowest BCUT2D eigenvalue weighted by Gasteiger charge is -2.29. The van der Waals surface area contributed by atoms with Crippen molar-refractivity contribution in [1.29, 1.82) is 0 Å². The molecule has 1 aromatic rings. The Kier molecular flexibility index (Phi) is 5.65. The van der Waals surface area contributed by atoms with Crippen molar-refractivity contribution < 1.29 is 9.53 Å². The lowest BCUT2D eigenvalue weighted by Crippen LogP contribution is -2.41. The predicted molar refractivity (Wildman–Crippen MR) is 107 cm³/mol. The van der Waals surface area contributed by atoms with E-state index in [4.69, 9.17) is 4.74 Å². The molecule has 3 heterocycles. The third-order valence-corrected chi connectivity index (χ3v) is 6.65. The third kappa shape index (κ3) is 3.97. The monoisotopic (exact) mass is 368 g/mol. The standard InChI is InChI=1S/C23H32N2O2/c1-2-3-4-8-11-22(26)24-14-19-20-16-25(15-18-9-6-5-7-10-18)17-23(20)13-12-21(19)27-23/h2-3,5-7,9-10,19-21H,4,8,11-17H2,1H3,(H,24,26)/t19-,20+,21+,23+/m0/s1. The number of hydrogen-bond acceptors (Lipinski definition) is 3. The molecule has 1 aromatic carbocycles. The second-order valence-electron chi connectivity index (χ2n) is 8.45. The predicted octanol–water partition coefficient (Wildman–Crippen LogP) is 3.53. The summed E-state index contributed by atoms with van der Waals surface area (Å²) in [6.07, 6.45) is 9.39. The molecule has 0 radical (unpaired) electrons. The maximum absolute atomic E-state index is 12.2. The van der Waals surface area contributed by atoms with Crippen LogP contribution in [0.5, 0.6) is 0 Å². The molecule has 146 valence electrons. The Hall–Kier alpha value is -1.65. The minimum absolute atomic E-state index is 0.0424. The molecule has 0 aliphatic carbocycles. The first-order valence-electron chi connectivity index (χ1n) is 10.5. The van der Waals surface area contributed by atoms with Crippen LogP contribution in [0.4, 0.5) is 0 Å². The van der Waals surface area contributed by atoms with E-state index in [0.717, 1.165) is 45.4 Å². The first kappa shape index (κ1) is 18.7. The number of nitrogens with zero attached hydrogens (tertiary/aromatic N) is 1. The number of benzene rings is 1. The first-order valence-corrected chi connectivity index (χ1v) is 10.5. The normalized spacial score (nSPS) is 32.3. The zero-order valence-electron chi connectivity index (χ0n) is 16.4. The molecule has 3 saturated heterocycles. The van der Waals surface area contributed by atoms with Gasteiger partial charge in [0.2, 0.25) is 5.91 Å². The van der Waals surface area contributed by atoms with Crippen LogP contribution in [-0.2, 0) is 16.1 Å². The minimum atomic E-state index is 0.0424. The number of amides is 1. The van der Waals surface area contributed by atoms with Crippen molar-refractivity contribution in [2.75, 3.05) is 19.6 Å². The fourth-order valence-electron chi connectivity index (χ4n) is 5.39. The molecule has 1 spiro atoms. The van der Waals surface area contributed by atoms with Gasteiger partial charge in [0.05, 0.1) is 11.7 Å². The van der Waals surface area contributed by atoms with E-state index in [0.29, 0.717) is 24.4 Å². The number of ether oxygens (including phenoxy) is 1. The lowest BCUT2D eigenvalue weighted by atomic mass is 9.73. The number of nitrogens with one attached hydrogen (secondary N) is 1. The van der Waals surface area contributed by atoms with Gasteiger partial charge in [0, 0.05) is 44.4 Å². The maximum atomic E-state index is 12.2. The average Bonchev–Trinajstić information content (AvgIpc) is 3.32. The highest BCUT2D eigenvalue weighted by Crippen LogP contribution is 2.54. The number of allylic oxidation sites excluding steroid dienone is 2. The highest BCUT2D eigenvalue weighted by molar-refractivity contribution is 5.75. The van der Waals surface area contributed by atoms with Crippen molar-refractivity contribution in [3.8, 4) is 0 Å². The van der Waals surface area contributed by atoms with Gasteiger partial charge in [0.25, 0.3) is 0 Å². The second-order valence-corrected chi connectivity index (χ2v) is 8.45. The molecule has 2 bridgehead atoms. The average molecular weight is 369 g/mol. The molecular formula is C23H32N2O2. The van der Waals surface area contributed by atoms with Crippen molar-refractivity contribution in [2.24, 2.45) is 11.8 Å². The summed E-state index contributed by atoms with van der Waals surface area (Å²) >= 11 is 0. The molecule has 4 nitrogen and oxygen atoms in total. The highest BCUT2D eigenvalue weighted by atomic mass is 16.5.